The van der Waals surface area contributed by atoms with E-state index in [1.165, 1.54) is 6.33 Å². The largest absolute Gasteiger partial charge is 0.506 e. The molecule has 4 N–H and O–H groups in total. The molecule has 1 fully saturated rings. The third kappa shape index (κ3) is 2.76. The number of nitriles is 1. The lowest BCUT2D eigenvalue weighted by Crippen LogP contribution is -2.31. The van der Waals surface area contributed by atoms with Gasteiger partial charge in [-0.05, 0) is 37.8 Å². The summed E-state index contributed by atoms with van der Waals surface area (Å²) in [5.41, 5.74) is 7.76. The van der Waals surface area contributed by atoms with Gasteiger partial charge in [-0.15, -0.1) is 0 Å². The number of aromatic nitrogens is 5. The number of para-hydroxylation sites is 1. The van der Waals surface area contributed by atoms with E-state index in [1.807, 2.05) is 6.07 Å². The van der Waals surface area contributed by atoms with Gasteiger partial charge < -0.3 is 15.8 Å². The van der Waals surface area contributed by atoms with E-state index in [-0.39, 0.29) is 34.8 Å². The predicted octanol–water partition coefficient (Wildman–Crippen LogP) is 2.88. The summed E-state index contributed by atoms with van der Waals surface area (Å²) >= 11 is 0. The van der Waals surface area contributed by atoms with Crippen molar-refractivity contribution in [3.8, 4) is 23.2 Å². The van der Waals surface area contributed by atoms with Crippen molar-refractivity contribution in [2.75, 3.05) is 5.73 Å². The predicted molar refractivity (Wildman–Crippen MR) is 112 cm³/mol. The van der Waals surface area contributed by atoms with Gasteiger partial charge in [0.1, 0.15) is 17.6 Å². The maximum atomic E-state index is 13.6. The van der Waals surface area contributed by atoms with Crippen LogP contribution in [0.2, 0.25) is 0 Å². The molecule has 0 saturated heterocycles. The van der Waals surface area contributed by atoms with E-state index in [2.05, 4.69) is 26.0 Å². The Bertz CT molecular complexity index is 1370. The van der Waals surface area contributed by atoms with Crippen molar-refractivity contribution in [2.45, 2.75) is 31.7 Å². The highest BCUT2D eigenvalue weighted by molar-refractivity contribution is 5.90. The van der Waals surface area contributed by atoms with Crippen molar-refractivity contribution in [2.24, 2.45) is 5.92 Å². The summed E-state index contributed by atoms with van der Waals surface area (Å²) in [4.78, 5) is 29.5. The van der Waals surface area contributed by atoms with Crippen LogP contribution in [0.3, 0.4) is 0 Å². The number of rotatable bonds is 2. The van der Waals surface area contributed by atoms with Gasteiger partial charge in [-0.2, -0.15) is 5.26 Å². The zero-order valence-corrected chi connectivity index (χ0v) is 16.0. The van der Waals surface area contributed by atoms with Gasteiger partial charge >= 0.3 is 0 Å². The van der Waals surface area contributed by atoms with Crippen molar-refractivity contribution >= 4 is 27.9 Å². The monoisotopic (exact) mass is 401 g/mol. The molecule has 0 amide bonds. The molecule has 30 heavy (non-hydrogen) atoms. The smallest absolute Gasteiger partial charge is 0.280 e. The fourth-order valence-corrected chi connectivity index (χ4v) is 4.28. The van der Waals surface area contributed by atoms with Crippen molar-refractivity contribution < 1.29 is 5.11 Å². The first-order valence-electron chi connectivity index (χ1n) is 9.80. The number of aromatic hydroxyl groups is 1. The van der Waals surface area contributed by atoms with Crippen LogP contribution < -0.4 is 11.3 Å². The molecular weight excluding hydrogens is 382 g/mol. The standard InChI is InChI=1S/C21H19N7O2/c22-9-11-4-6-13(7-5-11)28-20-18(19(23)24-10-25-20)27-17(21(28)30)14-8-12-2-1-3-15(29)16(12)26-14/h1-3,8,10-11,13,26,29H,4-7H2,(H2,23,24,25). The number of nitrogen functional groups attached to an aromatic ring is 1. The first-order valence-corrected chi connectivity index (χ1v) is 9.80. The Morgan fingerprint density at radius 1 is 1.23 bits per heavy atom. The number of benzene rings is 1. The first kappa shape index (κ1) is 18.1. The molecular formula is C21H19N7O2. The Hall–Kier alpha value is -3.93. The maximum absolute atomic E-state index is 13.6. The second-order valence-corrected chi connectivity index (χ2v) is 7.63. The van der Waals surface area contributed by atoms with E-state index < -0.39 is 0 Å². The molecule has 1 saturated carbocycles. The Balaban J connectivity index is 1.74. The van der Waals surface area contributed by atoms with E-state index in [0.29, 0.717) is 35.2 Å². The maximum Gasteiger partial charge on any atom is 0.280 e. The Kier molecular flexibility index (Phi) is 4.13. The van der Waals surface area contributed by atoms with Crippen LogP contribution in [-0.2, 0) is 0 Å². The number of H-pyrrole nitrogens is 1. The highest BCUT2D eigenvalue weighted by Crippen LogP contribution is 2.34. The van der Waals surface area contributed by atoms with Gasteiger partial charge in [-0.1, -0.05) is 12.1 Å². The number of nitrogens with one attached hydrogen (secondary N) is 1. The third-order valence-electron chi connectivity index (χ3n) is 5.84. The van der Waals surface area contributed by atoms with Crippen molar-refractivity contribution in [3.63, 3.8) is 0 Å². The topological polar surface area (TPSA) is 146 Å². The molecule has 1 aliphatic carbocycles. The minimum atomic E-state index is -0.285. The second kappa shape index (κ2) is 6.84. The van der Waals surface area contributed by atoms with E-state index in [0.717, 1.165) is 18.2 Å². The summed E-state index contributed by atoms with van der Waals surface area (Å²) < 4.78 is 1.65. The number of phenolic OH excluding ortho intramolecular Hbond substituents is 1. The average molecular weight is 401 g/mol. The molecule has 9 nitrogen and oxygen atoms in total. The minimum Gasteiger partial charge on any atom is -0.506 e. The number of hydrogen-bond acceptors (Lipinski definition) is 7. The highest BCUT2D eigenvalue weighted by atomic mass is 16.3. The first-order chi connectivity index (χ1) is 14.6. The zero-order valence-electron chi connectivity index (χ0n) is 16.0. The molecule has 0 bridgehead atoms. The zero-order chi connectivity index (χ0) is 20.8. The van der Waals surface area contributed by atoms with Crippen LogP contribution in [0.15, 0.2) is 35.4 Å². The molecule has 4 aromatic rings. The lowest BCUT2D eigenvalue weighted by atomic mass is 9.87. The molecule has 0 spiro atoms. The second-order valence-electron chi connectivity index (χ2n) is 7.63. The fourth-order valence-electron chi connectivity index (χ4n) is 4.28. The number of hydrogen-bond donors (Lipinski definition) is 3. The van der Waals surface area contributed by atoms with Crippen LogP contribution in [0.4, 0.5) is 5.82 Å². The van der Waals surface area contributed by atoms with Gasteiger partial charge in [0.15, 0.2) is 17.2 Å². The fraction of sp³-hybridized carbons (Fsp3) is 0.286. The van der Waals surface area contributed by atoms with E-state index in [9.17, 15) is 15.2 Å². The molecule has 1 aromatic carbocycles. The Morgan fingerprint density at radius 2 is 2.03 bits per heavy atom. The molecule has 3 aromatic heterocycles. The van der Waals surface area contributed by atoms with Crippen molar-refractivity contribution in [1.82, 2.24) is 24.5 Å². The van der Waals surface area contributed by atoms with E-state index >= 15 is 0 Å². The average Bonchev–Trinajstić information content (AvgIpc) is 3.19. The minimum absolute atomic E-state index is 0.0147. The van der Waals surface area contributed by atoms with Gasteiger partial charge in [0, 0.05) is 17.3 Å². The third-order valence-corrected chi connectivity index (χ3v) is 5.84. The number of anilines is 1. The molecule has 0 unspecified atom stereocenters. The molecule has 9 heteroatoms. The molecule has 0 atom stereocenters. The van der Waals surface area contributed by atoms with Gasteiger partial charge in [0.2, 0.25) is 0 Å². The van der Waals surface area contributed by atoms with Crippen molar-refractivity contribution in [1.29, 1.82) is 5.26 Å². The Morgan fingerprint density at radius 3 is 2.77 bits per heavy atom. The summed E-state index contributed by atoms with van der Waals surface area (Å²) in [6.45, 7) is 0. The van der Waals surface area contributed by atoms with Crippen LogP contribution in [0.5, 0.6) is 5.75 Å². The SMILES string of the molecule is N#CC1CCC(n2c(=O)c(-c3cc4cccc(O)c4[nH]3)nc3c(N)ncnc32)CC1. The molecule has 1 aliphatic rings. The van der Waals surface area contributed by atoms with Crippen LogP contribution >= 0.6 is 0 Å². The van der Waals surface area contributed by atoms with E-state index in [1.54, 1.807) is 22.8 Å². The van der Waals surface area contributed by atoms with Gasteiger partial charge in [-0.3, -0.25) is 9.36 Å². The molecule has 3 heterocycles. The van der Waals surface area contributed by atoms with Crippen LogP contribution in [0.1, 0.15) is 31.7 Å². The van der Waals surface area contributed by atoms with Gasteiger partial charge in [0.05, 0.1) is 17.3 Å². The summed E-state index contributed by atoms with van der Waals surface area (Å²) in [6.07, 6.45) is 4.19. The number of nitrogens with zero attached hydrogens (tertiary/aromatic N) is 5. The lowest BCUT2D eigenvalue weighted by Gasteiger charge is -2.27. The summed E-state index contributed by atoms with van der Waals surface area (Å²) in [7, 11) is 0. The number of fused-ring (bicyclic) bond motifs is 2. The van der Waals surface area contributed by atoms with Gasteiger partial charge in [-0.25, -0.2) is 15.0 Å². The van der Waals surface area contributed by atoms with Crippen LogP contribution in [-0.4, -0.2) is 29.6 Å². The van der Waals surface area contributed by atoms with E-state index in [4.69, 9.17) is 5.73 Å². The normalized spacial score (nSPS) is 19.2. The highest BCUT2D eigenvalue weighted by Gasteiger charge is 2.27. The molecule has 0 radical (unpaired) electrons. The van der Waals surface area contributed by atoms with Crippen LogP contribution in [0.25, 0.3) is 33.5 Å². The molecule has 0 aliphatic heterocycles. The summed E-state index contributed by atoms with van der Waals surface area (Å²) in [6, 6.07) is 9.16. The van der Waals surface area contributed by atoms with Crippen molar-refractivity contribution in [3.05, 3.63) is 40.9 Å². The summed E-state index contributed by atoms with van der Waals surface area (Å²) in [5.74, 6) is 0.304. The summed E-state index contributed by atoms with van der Waals surface area (Å²) in [5, 5.41) is 20.1. The lowest BCUT2D eigenvalue weighted by molar-refractivity contribution is 0.312. The number of phenols is 1. The quantitative estimate of drug-likeness (QED) is 0.468. The number of aromatic amines is 1. The molecule has 5 rings (SSSR count). The molecule has 150 valence electrons. The Labute approximate surface area is 170 Å². The number of nitrogens with two attached hydrogens (primary N) is 1. The van der Waals surface area contributed by atoms with Crippen LogP contribution in [0, 0.1) is 17.2 Å². The van der Waals surface area contributed by atoms with Gasteiger partial charge in [0.25, 0.3) is 5.56 Å².